The first kappa shape index (κ1) is 23.4. The minimum atomic E-state index is -0.587. The first-order valence-electron chi connectivity index (χ1n) is 11.8. The van der Waals surface area contributed by atoms with Crippen LogP contribution >= 0.6 is 0 Å². The Morgan fingerprint density at radius 3 is 2.23 bits per heavy atom. The third-order valence-electron chi connectivity index (χ3n) is 6.37. The zero-order chi connectivity index (χ0) is 22.2. The van der Waals surface area contributed by atoms with Gasteiger partial charge in [-0.2, -0.15) is 0 Å². The summed E-state index contributed by atoms with van der Waals surface area (Å²) < 4.78 is 14.9. The van der Waals surface area contributed by atoms with Crippen LogP contribution in [0.25, 0.3) is 0 Å². The minimum absolute atomic E-state index is 0.0515. The number of hydrogen-bond donors (Lipinski definition) is 1. The van der Waals surface area contributed by atoms with Crippen molar-refractivity contribution in [2.24, 2.45) is 5.92 Å². The Labute approximate surface area is 184 Å². The highest BCUT2D eigenvalue weighted by molar-refractivity contribution is 5.96. The topological polar surface area (TPSA) is 66.5 Å². The summed E-state index contributed by atoms with van der Waals surface area (Å²) in [6.07, 6.45) is 12.5. The van der Waals surface area contributed by atoms with E-state index in [1.54, 1.807) is 12.1 Å². The van der Waals surface area contributed by atoms with Gasteiger partial charge in [0.15, 0.2) is 0 Å². The third-order valence-corrected chi connectivity index (χ3v) is 6.37. The average molecular weight is 431 g/mol. The lowest BCUT2D eigenvalue weighted by Crippen LogP contribution is -2.40. The van der Waals surface area contributed by atoms with Crippen molar-refractivity contribution in [3.05, 3.63) is 35.1 Å². The number of nitrogens with zero attached hydrogens (tertiary/aromatic N) is 1. The van der Waals surface area contributed by atoms with Crippen molar-refractivity contribution < 1.29 is 18.8 Å². The van der Waals surface area contributed by atoms with Crippen LogP contribution in [0.2, 0.25) is 0 Å². The lowest BCUT2D eigenvalue weighted by Gasteiger charge is -2.33. The number of halogens is 1. The molecule has 1 aromatic carbocycles. The molecular weight excluding hydrogens is 395 g/mol. The van der Waals surface area contributed by atoms with Crippen molar-refractivity contribution in [3.63, 3.8) is 0 Å². The van der Waals surface area contributed by atoms with Gasteiger partial charge in [-0.25, -0.2) is 4.39 Å². The van der Waals surface area contributed by atoms with Crippen LogP contribution in [0.4, 0.5) is 4.39 Å². The van der Waals surface area contributed by atoms with Crippen LogP contribution < -0.4 is 5.32 Å². The number of carbonyl (C=O) groups is 3. The minimum Gasteiger partial charge on any atom is -0.345 e. The van der Waals surface area contributed by atoms with Gasteiger partial charge >= 0.3 is 0 Å². The summed E-state index contributed by atoms with van der Waals surface area (Å²) in [6.45, 7) is 2.48. The molecule has 170 valence electrons. The summed E-state index contributed by atoms with van der Waals surface area (Å²) in [6, 6.07) is 4.76. The second kappa shape index (κ2) is 11.4. The maximum Gasteiger partial charge on any atom is 0.254 e. The lowest BCUT2D eigenvalue weighted by atomic mass is 9.89. The van der Waals surface area contributed by atoms with E-state index in [1.807, 2.05) is 4.90 Å². The molecule has 0 bridgehead atoms. The zero-order valence-electron chi connectivity index (χ0n) is 18.6. The molecule has 1 aliphatic heterocycles. The number of likely N-dealkylation sites (tertiary alicyclic amines) is 1. The number of piperidine rings is 1. The van der Waals surface area contributed by atoms with Crippen LogP contribution in [0.5, 0.6) is 0 Å². The summed E-state index contributed by atoms with van der Waals surface area (Å²) in [4.78, 5) is 37.2. The van der Waals surface area contributed by atoms with E-state index in [0.29, 0.717) is 12.1 Å². The van der Waals surface area contributed by atoms with E-state index >= 15 is 0 Å². The smallest absolute Gasteiger partial charge is 0.254 e. The average Bonchev–Trinajstić information content (AvgIpc) is 3.64. The molecule has 0 spiro atoms. The van der Waals surface area contributed by atoms with Crippen molar-refractivity contribution in [2.75, 3.05) is 19.6 Å². The van der Waals surface area contributed by atoms with Gasteiger partial charge < -0.3 is 10.2 Å². The van der Waals surface area contributed by atoms with E-state index in [2.05, 4.69) is 5.32 Å². The normalized spacial score (nSPS) is 21.0. The molecule has 5 nitrogen and oxygen atoms in total. The van der Waals surface area contributed by atoms with Crippen molar-refractivity contribution in [1.29, 1.82) is 0 Å². The highest BCUT2D eigenvalue weighted by atomic mass is 19.1. The summed E-state index contributed by atoms with van der Waals surface area (Å²) in [5.74, 6) is -1.08. The van der Waals surface area contributed by atoms with E-state index in [0.717, 1.165) is 32.2 Å². The Hall–Kier alpha value is -2.24. The maximum atomic E-state index is 14.9. The van der Waals surface area contributed by atoms with Crippen LogP contribution in [0.1, 0.15) is 93.0 Å². The van der Waals surface area contributed by atoms with Gasteiger partial charge in [-0.3, -0.25) is 14.4 Å². The van der Waals surface area contributed by atoms with Gasteiger partial charge in [0.25, 0.3) is 5.91 Å². The second-order valence-corrected chi connectivity index (χ2v) is 9.11. The molecule has 6 heteroatoms. The van der Waals surface area contributed by atoms with Crippen molar-refractivity contribution in [2.45, 2.75) is 77.0 Å². The van der Waals surface area contributed by atoms with Crippen molar-refractivity contribution in [1.82, 2.24) is 10.2 Å². The number of amides is 2. The molecule has 2 saturated carbocycles. The predicted octanol–water partition coefficient (Wildman–Crippen LogP) is 4.60. The number of benzene rings is 1. The zero-order valence-corrected chi connectivity index (χ0v) is 18.6. The van der Waals surface area contributed by atoms with E-state index < -0.39 is 11.7 Å². The molecule has 1 heterocycles. The molecular formula is C25H35FN2O3. The summed E-state index contributed by atoms with van der Waals surface area (Å²) >= 11 is 0. The second-order valence-electron chi connectivity index (χ2n) is 9.11. The van der Waals surface area contributed by atoms with Gasteiger partial charge in [-0.05, 0) is 44.2 Å². The van der Waals surface area contributed by atoms with Gasteiger partial charge in [-0.15, -0.1) is 0 Å². The van der Waals surface area contributed by atoms with Crippen LogP contribution in [0, 0.1) is 11.7 Å². The first-order chi connectivity index (χ1) is 15.0. The highest BCUT2D eigenvalue weighted by Crippen LogP contribution is 2.35. The fourth-order valence-corrected chi connectivity index (χ4v) is 4.42. The highest BCUT2D eigenvalue weighted by Gasteiger charge is 2.36. The number of nitrogens with one attached hydrogen (secondary N) is 1. The Morgan fingerprint density at radius 2 is 1.65 bits per heavy atom. The molecule has 1 atom stereocenters. The molecule has 3 fully saturated rings. The molecule has 0 radical (unpaired) electrons. The SMILES string of the molecule is C1CCCCC1.CC(=O)CNC(=O)c1cccc(C2CCCN(C(=O)C3CC3)C2)c1F. The molecule has 4 rings (SSSR count). The van der Waals surface area contributed by atoms with E-state index in [4.69, 9.17) is 0 Å². The van der Waals surface area contributed by atoms with Crippen molar-refractivity contribution >= 4 is 17.6 Å². The number of ketones is 1. The molecule has 2 amide bonds. The van der Waals surface area contributed by atoms with Gasteiger partial charge in [0, 0.05) is 24.9 Å². The summed E-state index contributed by atoms with van der Waals surface area (Å²) in [5.41, 5.74) is 0.424. The maximum absolute atomic E-state index is 14.9. The lowest BCUT2D eigenvalue weighted by molar-refractivity contribution is -0.133. The molecule has 0 aromatic heterocycles. The fourth-order valence-electron chi connectivity index (χ4n) is 4.42. The van der Waals surface area contributed by atoms with Crippen LogP contribution in [0.15, 0.2) is 18.2 Å². The largest absolute Gasteiger partial charge is 0.345 e. The van der Waals surface area contributed by atoms with Crippen LogP contribution in [-0.2, 0) is 9.59 Å². The van der Waals surface area contributed by atoms with E-state index in [1.165, 1.54) is 51.5 Å². The molecule has 3 aliphatic rings. The summed E-state index contributed by atoms with van der Waals surface area (Å²) in [5, 5.41) is 2.43. The molecule has 1 saturated heterocycles. The van der Waals surface area contributed by atoms with Gasteiger partial charge in [0.1, 0.15) is 11.6 Å². The van der Waals surface area contributed by atoms with Gasteiger partial charge in [0.2, 0.25) is 5.91 Å². The molecule has 2 aliphatic carbocycles. The van der Waals surface area contributed by atoms with Gasteiger partial charge in [0.05, 0.1) is 12.1 Å². The molecule has 31 heavy (non-hydrogen) atoms. The Kier molecular flexibility index (Phi) is 8.61. The number of rotatable bonds is 5. The van der Waals surface area contributed by atoms with E-state index in [-0.39, 0.29) is 35.6 Å². The quantitative estimate of drug-likeness (QED) is 0.742. The fraction of sp³-hybridized carbons (Fsp3) is 0.640. The summed E-state index contributed by atoms with van der Waals surface area (Å²) in [7, 11) is 0. The Morgan fingerprint density at radius 1 is 1.00 bits per heavy atom. The monoisotopic (exact) mass is 430 g/mol. The van der Waals surface area contributed by atoms with Gasteiger partial charge in [-0.1, -0.05) is 50.7 Å². The first-order valence-corrected chi connectivity index (χ1v) is 11.8. The van der Waals surface area contributed by atoms with Crippen LogP contribution in [-0.4, -0.2) is 42.1 Å². The third kappa shape index (κ3) is 6.88. The predicted molar refractivity (Wildman–Crippen MR) is 118 cm³/mol. The van der Waals surface area contributed by atoms with Crippen molar-refractivity contribution in [3.8, 4) is 0 Å². The molecule has 1 N–H and O–H groups in total. The van der Waals surface area contributed by atoms with Crippen LogP contribution in [0.3, 0.4) is 0 Å². The Bertz CT molecular complexity index is 775. The standard InChI is InChI=1S/C19H23FN2O3.C6H12/c1-12(23)10-21-18(24)16-6-2-5-15(17(16)20)14-4-3-9-22(11-14)19(25)13-7-8-13;1-2-4-6-5-3-1/h2,5-6,13-14H,3-4,7-11H2,1H3,(H,21,24);1-6H2. The number of hydrogen-bond acceptors (Lipinski definition) is 3. The molecule has 1 aromatic rings. The number of carbonyl (C=O) groups excluding carboxylic acids is 3. The van der Waals surface area contributed by atoms with E-state index in [9.17, 15) is 18.8 Å². The number of Topliss-reactive ketones (excluding diaryl/α,β-unsaturated/α-hetero) is 1. The Balaban J connectivity index is 0.000000391. The molecule has 1 unspecified atom stereocenters.